The van der Waals surface area contributed by atoms with Crippen LogP contribution in [0.5, 0.6) is 0 Å². The zero-order valence-corrected chi connectivity index (χ0v) is 11.3. The molecule has 1 amide bonds. The normalized spacial score (nSPS) is 14.8. The van der Waals surface area contributed by atoms with Crippen LogP contribution in [0.1, 0.15) is 12.5 Å². The fraction of sp³-hybridized carbons (Fsp3) is 0.429. The Morgan fingerprint density at radius 3 is 2.70 bits per heavy atom. The lowest BCUT2D eigenvalue weighted by molar-refractivity contribution is 0.105. The molecular weight excluding hydrogens is 261 g/mol. The largest absolute Gasteiger partial charge is 0.450 e. The van der Waals surface area contributed by atoms with E-state index >= 15 is 0 Å². The maximum atomic E-state index is 13.6. The molecule has 6 heteroatoms. The SMILES string of the molecule is CCOC(=O)N1CCN(c2cccc(F)c2C#N)CC1. The number of hydrogen-bond donors (Lipinski definition) is 0. The van der Waals surface area contributed by atoms with E-state index in [2.05, 4.69) is 0 Å². The number of amides is 1. The summed E-state index contributed by atoms with van der Waals surface area (Å²) in [5.74, 6) is -0.516. The van der Waals surface area contributed by atoms with Gasteiger partial charge in [-0.3, -0.25) is 0 Å². The average molecular weight is 277 g/mol. The fourth-order valence-electron chi connectivity index (χ4n) is 2.23. The van der Waals surface area contributed by atoms with Gasteiger partial charge in [0.25, 0.3) is 0 Å². The number of hydrogen-bond acceptors (Lipinski definition) is 4. The summed E-state index contributed by atoms with van der Waals surface area (Å²) < 4.78 is 18.5. The van der Waals surface area contributed by atoms with Crippen LogP contribution in [0.15, 0.2) is 18.2 Å². The van der Waals surface area contributed by atoms with Gasteiger partial charge >= 0.3 is 6.09 Å². The minimum absolute atomic E-state index is 0.0529. The highest BCUT2D eigenvalue weighted by Crippen LogP contribution is 2.23. The molecule has 0 bridgehead atoms. The van der Waals surface area contributed by atoms with Crippen LogP contribution in [-0.4, -0.2) is 43.8 Å². The molecule has 0 radical (unpaired) electrons. The molecule has 1 aromatic rings. The third-order valence-corrected chi connectivity index (χ3v) is 3.25. The summed E-state index contributed by atoms with van der Waals surface area (Å²) in [7, 11) is 0. The van der Waals surface area contributed by atoms with E-state index < -0.39 is 5.82 Å². The highest BCUT2D eigenvalue weighted by Gasteiger charge is 2.24. The van der Waals surface area contributed by atoms with Gasteiger partial charge in [0.15, 0.2) is 0 Å². The van der Waals surface area contributed by atoms with Crippen molar-refractivity contribution in [3.63, 3.8) is 0 Å². The minimum Gasteiger partial charge on any atom is -0.450 e. The molecule has 0 atom stereocenters. The zero-order valence-electron chi connectivity index (χ0n) is 11.3. The molecule has 1 fully saturated rings. The molecule has 0 aliphatic carbocycles. The fourth-order valence-corrected chi connectivity index (χ4v) is 2.23. The summed E-state index contributed by atoms with van der Waals surface area (Å²) in [5, 5.41) is 9.04. The van der Waals surface area contributed by atoms with Gasteiger partial charge in [-0.05, 0) is 19.1 Å². The van der Waals surface area contributed by atoms with Crippen LogP contribution in [0.4, 0.5) is 14.9 Å². The van der Waals surface area contributed by atoms with Crippen molar-refractivity contribution in [1.29, 1.82) is 5.26 Å². The number of piperazine rings is 1. The third-order valence-electron chi connectivity index (χ3n) is 3.25. The van der Waals surface area contributed by atoms with Crippen molar-refractivity contribution in [3.8, 4) is 6.07 Å². The van der Waals surface area contributed by atoms with Gasteiger partial charge in [0, 0.05) is 26.2 Å². The van der Waals surface area contributed by atoms with E-state index in [4.69, 9.17) is 10.00 Å². The number of benzene rings is 1. The van der Waals surface area contributed by atoms with E-state index in [9.17, 15) is 9.18 Å². The molecule has 1 aliphatic heterocycles. The third kappa shape index (κ3) is 2.82. The second kappa shape index (κ2) is 6.24. The van der Waals surface area contributed by atoms with E-state index in [0.717, 1.165) is 0 Å². The van der Waals surface area contributed by atoms with Gasteiger partial charge in [0.05, 0.1) is 12.3 Å². The van der Waals surface area contributed by atoms with Crippen molar-refractivity contribution in [3.05, 3.63) is 29.6 Å². The number of carbonyl (C=O) groups is 1. The smallest absolute Gasteiger partial charge is 0.409 e. The van der Waals surface area contributed by atoms with E-state index in [1.54, 1.807) is 24.0 Å². The van der Waals surface area contributed by atoms with Crippen LogP contribution in [-0.2, 0) is 4.74 Å². The van der Waals surface area contributed by atoms with E-state index in [1.165, 1.54) is 6.07 Å². The molecule has 1 heterocycles. The van der Waals surface area contributed by atoms with E-state index in [1.807, 2.05) is 11.0 Å². The summed E-state index contributed by atoms with van der Waals surface area (Å²) in [4.78, 5) is 15.1. The molecule has 1 saturated heterocycles. The van der Waals surface area contributed by atoms with Crippen molar-refractivity contribution >= 4 is 11.8 Å². The number of ether oxygens (including phenoxy) is 1. The molecule has 5 nitrogen and oxygen atoms in total. The second-order valence-corrected chi connectivity index (χ2v) is 4.42. The maximum absolute atomic E-state index is 13.6. The van der Waals surface area contributed by atoms with Crippen LogP contribution in [0.2, 0.25) is 0 Å². The Labute approximate surface area is 117 Å². The lowest BCUT2D eigenvalue weighted by Crippen LogP contribution is -2.49. The average Bonchev–Trinajstić information content (AvgIpc) is 2.47. The van der Waals surface area contributed by atoms with Gasteiger partial charge in [-0.15, -0.1) is 0 Å². The number of halogens is 1. The predicted molar refractivity (Wildman–Crippen MR) is 71.9 cm³/mol. The summed E-state index contributed by atoms with van der Waals surface area (Å²) >= 11 is 0. The van der Waals surface area contributed by atoms with E-state index in [-0.39, 0.29) is 11.7 Å². The van der Waals surface area contributed by atoms with Crippen LogP contribution < -0.4 is 4.90 Å². The topological polar surface area (TPSA) is 56.6 Å². The Balaban J connectivity index is 2.06. The Morgan fingerprint density at radius 1 is 1.40 bits per heavy atom. The summed E-state index contributed by atoms with van der Waals surface area (Å²) in [5.41, 5.74) is 0.632. The van der Waals surface area contributed by atoms with Crippen LogP contribution in [0, 0.1) is 17.1 Å². The molecule has 0 N–H and O–H groups in total. The van der Waals surface area contributed by atoms with Gasteiger partial charge in [0.2, 0.25) is 0 Å². The molecule has 1 aliphatic rings. The zero-order chi connectivity index (χ0) is 14.5. The molecule has 0 saturated carbocycles. The van der Waals surface area contributed by atoms with E-state index in [0.29, 0.717) is 38.5 Å². The standard InChI is InChI=1S/C14H16FN3O2/c1-2-20-14(19)18-8-6-17(7-9-18)13-5-3-4-12(15)11(13)10-16/h3-5H,2,6-9H2,1H3. The second-order valence-electron chi connectivity index (χ2n) is 4.42. The van der Waals surface area contributed by atoms with Gasteiger partial charge in [-0.2, -0.15) is 5.26 Å². The summed E-state index contributed by atoms with van der Waals surface area (Å²) in [6, 6.07) is 6.48. The molecule has 0 unspecified atom stereocenters. The Morgan fingerprint density at radius 2 is 2.10 bits per heavy atom. The number of anilines is 1. The molecule has 2 rings (SSSR count). The molecule has 0 spiro atoms. The highest BCUT2D eigenvalue weighted by molar-refractivity contribution is 5.68. The first-order valence-corrected chi connectivity index (χ1v) is 6.52. The lowest BCUT2D eigenvalue weighted by Gasteiger charge is -2.35. The molecule has 20 heavy (non-hydrogen) atoms. The quantitative estimate of drug-likeness (QED) is 0.829. The van der Waals surface area contributed by atoms with Gasteiger partial charge in [-0.25, -0.2) is 9.18 Å². The van der Waals surface area contributed by atoms with Crippen molar-refractivity contribution in [2.24, 2.45) is 0 Å². The van der Waals surface area contributed by atoms with Crippen molar-refractivity contribution < 1.29 is 13.9 Å². The van der Waals surface area contributed by atoms with Crippen molar-refractivity contribution in [2.75, 3.05) is 37.7 Å². The summed E-state index contributed by atoms with van der Waals surface area (Å²) in [6.07, 6.45) is -0.327. The van der Waals surface area contributed by atoms with Crippen LogP contribution in [0.25, 0.3) is 0 Å². The first-order chi connectivity index (χ1) is 9.67. The van der Waals surface area contributed by atoms with Crippen LogP contribution >= 0.6 is 0 Å². The summed E-state index contributed by atoms with van der Waals surface area (Å²) in [6.45, 7) is 4.22. The minimum atomic E-state index is -0.516. The maximum Gasteiger partial charge on any atom is 0.409 e. The first kappa shape index (κ1) is 14.1. The number of nitriles is 1. The molecule has 106 valence electrons. The Hall–Kier alpha value is -2.29. The Bertz CT molecular complexity index is 534. The van der Waals surface area contributed by atoms with Crippen molar-refractivity contribution in [2.45, 2.75) is 6.92 Å². The predicted octanol–water partition coefficient (Wildman–Crippen LogP) is 1.98. The van der Waals surface area contributed by atoms with Gasteiger partial charge < -0.3 is 14.5 Å². The Kier molecular flexibility index (Phi) is 4.41. The number of nitrogens with zero attached hydrogens (tertiary/aromatic N) is 3. The molecular formula is C14H16FN3O2. The lowest BCUT2D eigenvalue weighted by atomic mass is 10.1. The van der Waals surface area contributed by atoms with Gasteiger partial charge in [-0.1, -0.05) is 6.07 Å². The van der Waals surface area contributed by atoms with Crippen molar-refractivity contribution in [1.82, 2.24) is 4.90 Å². The molecule has 1 aromatic carbocycles. The first-order valence-electron chi connectivity index (χ1n) is 6.52. The van der Waals surface area contributed by atoms with Crippen LogP contribution in [0.3, 0.4) is 0 Å². The molecule has 0 aromatic heterocycles. The number of carbonyl (C=O) groups excluding carboxylic acids is 1. The highest BCUT2D eigenvalue weighted by atomic mass is 19.1. The monoisotopic (exact) mass is 277 g/mol. The van der Waals surface area contributed by atoms with Gasteiger partial charge in [0.1, 0.15) is 17.4 Å². The number of rotatable bonds is 2.